The van der Waals surface area contributed by atoms with Crippen LogP contribution in [-0.4, -0.2) is 46.4 Å². The van der Waals surface area contributed by atoms with Gasteiger partial charge < -0.3 is 14.8 Å². The molecule has 0 saturated heterocycles. The fraction of sp³-hybridized carbons (Fsp3) is 0.235. The summed E-state index contributed by atoms with van der Waals surface area (Å²) in [6.45, 7) is -0.378. The maximum Gasteiger partial charge on any atom is 0.262 e. The Morgan fingerprint density at radius 2 is 1.78 bits per heavy atom. The van der Waals surface area contributed by atoms with Gasteiger partial charge in [-0.3, -0.25) is 4.79 Å². The Kier molecular flexibility index (Phi) is 6.94. The molecule has 0 radical (unpaired) electrons. The van der Waals surface area contributed by atoms with E-state index in [2.05, 4.69) is 5.32 Å². The molecular formula is C17H18Cl2N2O5S. The molecule has 27 heavy (non-hydrogen) atoms. The van der Waals surface area contributed by atoms with Gasteiger partial charge in [0.15, 0.2) is 12.4 Å². The molecule has 0 bridgehead atoms. The molecule has 0 aliphatic carbocycles. The average molecular weight is 433 g/mol. The summed E-state index contributed by atoms with van der Waals surface area (Å²) in [6, 6.07) is 8.98. The maximum absolute atomic E-state index is 12.3. The third-order valence-electron chi connectivity index (χ3n) is 3.49. The van der Waals surface area contributed by atoms with Crippen LogP contribution in [0.25, 0.3) is 0 Å². The molecule has 0 heterocycles. The minimum absolute atomic E-state index is 0.0127. The van der Waals surface area contributed by atoms with Gasteiger partial charge in [0.25, 0.3) is 5.91 Å². The predicted octanol–water partition coefficient (Wildman–Crippen LogP) is 3.27. The first kappa shape index (κ1) is 21.3. The lowest BCUT2D eigenvalue weighted by atomic mass is 10.3. The SMILES string of the molecule is COc1ccc(S(=O)(=O)N(C)C)cc1NC(=O)COc1c(Cl)cccc1Cl. The molecule has 2 aromatic rings. The number of amides is 1. The van der Waals surface area contributed by atoms with Gasteiger partial charge in [-0.25, -0.2) is 12.7 Å². The van der Waals surface area contributed by atoms with Gasteiger partial charge in [0.05, 0.1) is 27.7 Å². The minimum Gasteiger partial charge on any atom is -0.495 e. The number of carbonyl (C=O) groups is 1. The molecule has 1 amide bonds. The number of para-hydroxylation sites is 1. The summed E-state index contributed by atoms with van der Waals surface area (Å²) in [6.07, 6.45) is 0. The highest BCUT2D eigenvalue weighted by Crippen LogP contribution is 2.32. The zero-order valence-electron chi connectivity index (χ0n) is 14.8. The lowest BCUT2D eigenvalue weighted by molar-refractivity contribution is -0.118. The standard InChI is InChI=1S/C17H18Cl2N2O5S/c1-21(2)27(23,24)11-7-8-15(25-3)14(9-11)20-16(22)10-26-17-12(18)5-4-6-13(17)19/h4-9H,10H2,1-3H3,(H,20,22). The summed E-state index contributed by atoms with van der Waals surface area (Å²) in [5.41, 5.74) is 0.194. The molecule has 2 aromatic carbocycles. The molecule has 0 aromatic heterocycles. The fourth-order valence-corrected chi connectivity index (χ4v) is 3.54. The van der Waals surface area contributed by atoms with Crippen LogP contribution in [0.3, 0.4) is 0 Å². The quantitative estimate of drug-likeness (QED) is 0.725. The van der Waals surface area contributed by atoms with Gasteiger partial charge in [-0.2, -0.15) is 0 Å². The Morgan fingerprint density at radius 1 is 1.15 bits per heavy atom. The number of nitrogens with one attached hydrogen (secondary N) is 1. The largest absolute Gasteiger partial charge is 0.495 e. The number of hydrogen-bond acceptors (Lipinski definition) is 5. The van der Waals surface area contributed by atoms with Gasteiger partial charge in [-0.15, -0.1) is 0 Å². The van der Waals surface area contributed by atoms with Crippen molar-refractivity contribution in [1.82, 2.24) is 4.31 Å². The van der Waals surface area contributed by atoms with Crippen LogP contribution in [0.4, 0.5) is 5.69 Å². The normalized spacial score (nSPS) is 11.3. The number of halogens is 2. The summed E-state index contributed by atoms with van der Waals surface area (Å²) in [4.78, 5) is 12.2. The third kappa shape index (κ3) is 5.04. The number of anilines is 1. The molecule has 0 saturated carbocycles. The van der Waals surface area contributed by atoms with Crippen molar-refractivity contribution in [2.24, 2.45) is 0 Å². The molecule has 0 fully saturated rings. The van der Waals surface area contributed by atoms with E-state index in [9.17, 15) is 13.2 Å². The van der Waals surface area contributed by atoms with E-state index >= 15 is 0 Å². The van der Waals surface area contributed by atoms with E-state index in [-0.39, 0.29) is 33.0 Å². The summed E-state index contributed by atoms with van der Waals surface area (Å²) in [5.74, 6) is -0.0487. The molecule has 0 aliphatic rings. The number of rotatable bonds is 7. The zero-order valence-corrected chi connectivity index (χ0v) is 17.2. The minimum atomic E-state index is -3.67. The van der Waals surface area contributed by atoms with Gasteiger partial charge in [-0.1, -0.05) is 29.3 Å². The summed E-state index contributed by atoms with van der Waals surface area (Å²) >= 11 is 12.0. The van der Waals surface area contributed by atoms with E-state index in [1.807, 2.05) is 0 Å². The third-order valence-corrected chi connectivity index (χ3v) is 5.90. The van der Waals surface area contributed by atoms with Gasteiger partial charge in [-0.05, 0) is 30.3 Å². The number of hydrogen-bond donors (Lipinski definition) is 1. The number of sulfonamides is 1. The van der Waals surface area contributed by atoms with Gasteiger partial charge in [0, 0.05) is 14.1 Å². The second kappa shape index (κ2) is 8.79. The summed E-state index contributed by atoms with van der Waals surface area (Å²) < 4.78 is 36.2. The van der Waals surface area contributed by atoms with Crippen LogP contribution in [-0.2, 0) is 14.8 Å². The average Bonchev–Trinajstić information content (AvgIpc) is 2.61. The van der Waals surface area contributed by atoms with Gasteiger partial charge in [0.1, 0.15) is 5.75 Å². The number of carbonyl (C=O) groups excluding carboxylic acids is 1. The van der Waals surface area contributed by atoms with E-state index in [4.69, 9.17) is 32.7 Å². The molecule has 1 N–H and O–H groups in total. The van der Waals surface area contributed by atoms with Gasteiger partial charge >= 0.3 is 0 Å². The summed E-state index contributed by atoms with van der Waals surface area (Å²) in [7, 11) is 0.573. The van der Waals surface area contributed by atoms with Crippen LogP contribution in [0.2, 0.25) is 10.0 Å². The van der Waals surface area contributed by atoms with E-state index in [0.717, 1.165) is 4.31 Å². The van der Waals surface area contributed by atoms with Gasteiger partial charge in [0.2, 0.25) is 10.0 Å². The highest BCUT2D eigenvalue weighted by atomic mass is 35.5. The number of ether oxygens (including phenoxy) is 2. The number of nitrogens with zero attached hydrogens (tertiary/aromatic N) is 1. The Balaban J connectivity index is 2.19. The predicted molar refractivity (Wildman–Crippen MR) is 104 cm³/mol. The topological polar surface area (TPSA) is 84.9 Å². The van der Waals surface area contributed by atoms with Crippen molar-refractivity contribution < 1.29 is 22.7 Å². The van der Waals surface area contributed by atoms with Crippen molar-refractivity contribution in [3.63, 3.8) is 0 Å². The molecular weight excluding hydrogens is 415 g/mol. The van der Waals surface area contributed by atoms with E-state index < -0.39 is 15.9 Å². The monoisotopic (exact) mass is 432 g/mol. The lowest BCUT2D eigenvalue weighted by Gasteiger charge is -2.15. The van der Waals surface area contributed by atoms with Crippen molar-refractivity contribution in [3.05, 3.63) is 46.4 Å². The maximum atomic E-state index is 12.3. The molecule has 0 aliphatic heterocycles. The first-order valence-electron chi connectivity index (χ1n) is 7.64. The van der Waals surface area contributed by atoms with Crippen molar-refractivity contribution in [3.8, 4) is 11.5 Å². The number of methoxy groups -OCH3 is 1. The second-order valence-electron chi connectivity index (χ2n) is 5.54. The first-order chi connectivity index (χ1) is 12.7. The molecule has 7 nitrogen and oxygen atoms in total. The highest BCUT2D eigenvalue weighted by Gasteiger charge is 2.20. The summed E-state index contributed by atoms with van der Waals surface area (Å²) in [5, 5.41) is 3.10. The zero-order chi connectivity index (χ0) is 20.2. The highest BCUT2D eigenvalue weighted by molar-refractivity contribution is 7.89. The number of benzene rings is 2. The molecule has 0 unspecified atom stereocenters. The molecule has 0 atom stereocenters. The Bertz CT molecular complexity index is 928. The van der Waals surface area contributed by atoms with Crippen molar-refractivity contribution in [1.29, 1.82) is 0 Å². The van der Waals surface area contributed by atoms with Crippen LogP contribution >= 0.6 is 23.2 Å². The smallest absolute Gasteiger partial charge is 0.262 e. The van der Waals surface area contributed by atoms with E-state index in [1.165, 1.54) is 39.4 Å². The fourth-order valence-electron chi connectivity index (χ4n) is 2.10. The Morgan fingerprint density at radius 3 is 2.33 bits per heavy atom. The van der Waals surface area contributed by atoms with Crippen molar-refractivity contribution in [2.75, 3.05) is 33.1 Å². The second-order valence-corrected chi connectivity index (χ2v) is 8.50. The molecule has 0 spiro atoms. The van der Waals surface area contributed by atoms with Crippen LogP contribution in [0.1, 0.15) is 0 Å². The molecule has 10 heteroatoms. The van der Waals surface area contributed by atoms with Crippen molar-refractivity contribution >= 4 is 44.8 Å². The van der Waals surface area contributed by atoms with Crippen LogP contribution in [0.5, 0.6) is 11.5 Å². The van der Waals surface area contributed by atoms with Crippen LogP contribution in [0.15, 0.2) is 41.3 Å². The Hall–Kier alpha value is -2.00. The lowest BCUT2D eigenvalue weighted by Crippen LogP contribution is -2.23. The van der Waals surface area contributed by atoms with E-state index in [1.54, 1.807) is 18.2 Å². The van der Waals surface area contributed by atoms with Crippen molar-refractivity contribution in [2.45, 2.75) is 4.90 Å². The van der Waals surface area contributed by atoms with E-state index in [0.29, 0.717) is 5.75 Å². The van der Waals surface area contributed by atoms with Crippen LogP contribution in [0, 0.1) is 0 Å². The Labute approximate surface area is 167 Å². The first-order valence-corrected chi connectivity index (χ1v) is 9.83. The molecule has 146 valence electrons. The van der Waals surface area contributed by atoms with Crippen LogP contribution < -0.4 is 14.8 Å². The molecule has 2 rings (SSSR count).